The number of halogens is 3. The van der Waals surface area contributed by atoms with Crippen LogP contribution in [0.15, 0.2) is 69.9 Å². The highest BCUT2D eigenvalue weighted by atomic mass is 19.4. The van der Waals surface area contributed by atoms with Crippen molar-refractivity contribution in [3.63, 3.8) is 0 Å². The van der Waals surface area contributed by atoms with Gasteiger partial charge in [-0.2, -0.15) is 13.2 Å². The van der Waals surface area contributed by atoms with E-state index >= 15 is 0 Å². The highest BCUT2D eigenvalue weighted by molar-refractivity contribution is 5.90. The van der Waals surface area contributed by atoms with Gasteiger partial charge in [-0.3, -0.25) is 4.79 Å². The lowest BCUT2D eigenvalue weighted by atomic mass is 9.93. The maximum atomic E-state index is 13.0. The molecule has 0 saturated heterocycles. The van der Waals surface area contributed by atoms with Crippen molar-refractivity contribution < 1.29 is 32.5 Å². The molecule has 34 heavy (non-hydrogen) atoms. The molecule has 0 fully saturated rings. The molecular weight excluding hydrogens is 451 g/mol. The van der Waals surface area contributed by atoms with Crippen molar-refractivity contribution in [1.29, 1.82) is 0 Å². The maximum Gasteiger partial charge on any atom is 0.416 e. The number of nitrogens with two attached hydrogens (primary N) is 1. The van der Waals surface area contributed by atoms with E-state index < -0.39 is 17.3 Å². The molecule has 3 aromatic carbocycles. The molecule has 0 saturated carbocycles. The Morgan fingerprint density at radius 2 is 1.53 bits per heavy atom. The standard InChI is InChI=1S/C25H22F3NO5/c26-25(27,28)16-2-1-3-17(11-16)33-18-5-7-20-22(12-18)34-21-10-15(4-6-19(21)23(20)32)8-9-24(29,13-30)14-31/h1-7,10-12,30-31H,8-9,13-14,29H2. The van der Waals surface area contributed by atoms with Crippen LogP contribution in [0.2, 0.25) is 0 Å². The largest absolute Gasteiger partial charge is 0.457 e. The Balaban J connectivity index is 1.66. The Morgan fingerprint density at radius 1 is 0.882 bits per heavy atom. The maximum absolute atomic E-state index is 13.0. The quantitative estimate of drug-likeness (QED) is 0.344. The predicted molar refractivity (Wildman–Crippen MR) is 121 cm³/mol. The number of fused-ring (bicyclic) bond motifs is 2. The van der Waals surface area contributed by atoms with Crippen LogP contribution in [-0.4, -0.2) is 29.0 Å². The summed E-state index contributed by atoms with van der Waals surface area (Å²) in [4.78, 5) is 12.9. The van der Waals surface area contributed by atoms with Crippen molar-refractivity contribution in [2.45, 2.75) is 24.6 Å². The molecule has 0 aliphatic carbocycles. The molecule has 0 bridgehead atoms. The van der Waals surface area contributed by atoms with Crippen LogP contribution in [0.4, 0.5) is 13.2 Å². The summed E-state index contributed by atoms with van der Waals surface area (Å²) in [6.45, 7) is -0.739. The van der Waals surface area contributed by atoms with Gasteiger partial charge < -0.3 is 25.1 Å². The first-order valence-electron chi connectivity index (χ1n) is 10.5. The molecule has 0 unspecified atom stereocenters. The summed E-state index contributed by atoms with van der Waals surface area (Å²) in [5.74, 6) is 0.210. The van der Waals surface area contributed by atoms with Gasteiger partial charge in [-0.25, -0.2) is 0 Å². The van der Waals surface area contributed by atoms with Gasteiger partial charge in [0.05, 0.1) is 35.1 Å². The van der Waals surface area contributed by atoms with Gasteiger partial charge in [-0.15, -0.1) is 0 Å². The van der Waals surface area contributed by atoms with E-state index in [2.05, 4.69) is 0 Å². The summed E-state index contributed by atoms with van der Waals surface area (Å²) in [5, 5.41) is 19.4. The number of benzene rings is 3. The summed E-state index contributed by atoms with van der Waals surface area (Å²) < 4.78 is 50.4. The van der Waals surface area contributed by atoms with Crippen molar-refractivity contribution in [3.05, 3.63) is 82.0 Å². The number of aliphatic hydroxyl groups excluding tert-OH is 2. The highest BCUT2D eigenvalue weighted by Crippen LogP contribution is 2.33. The molecule has 9 heteroatoms. The Morgan fingerprint density at radius 3 is 2.21 bits per heavy atom. The van der Waals surface area contributed by atoms with Crippen LogP contribution in [0, 0.1) is 0 Å². The summed E-state index contributed by atoms with van der Waals surface area (Å²) in [5.41, 5.74) is 5.05. The van der Waals surface area contributed by atoms with Gasteiger partial charge in [-0.1, -0.05) is 12.1 Å². The number of ether oxygens (including phenoxy) is 1. The molecule has 178 valence electrons. The van der Waals surface area contributed by atoms with Gasteiger partial charge in [0, 0.05) is 6.07 Å². The fourth-order valence-corrected chi connectivity index (χ4v) is 3.57. The number of alkyl halides is 3. The van der Waals surface area contributed by atoms with Gasteiger partial charge in [0.15, 0.2) is 0 Å². The first-order valence-corrected chi connectivity index (χ1v) is 10.5. The Hall–Kier alpha value is -3.40. The van der Waals surface area contributed by atoms with E-state index in [-0.39, 0.29) is 35.7 Å². The van der Waals surface area contributed by atoms with Crippen molar-refractivity contribution in [2.75, 3.05) is 13.2 Å². The van der Waals surface area contributed by atoms with Crippen LogP contribution in [0.25, 0.3) is 21.9 Å². The number of hydrogen-bond acceptors (Lipinski definition) is 6. The summed E-state index contributed by atoms with van der Waals surface area (Å²) >= 11 is 0. The first kappa shape index (κ1) is 23.7. The predicted octanol–water partition coefficient (Wildman–Crippen LogP) is 4.37. The van der Waals surface area contributed by atoms with Crippen LogP contribution in [0.3, 0.4) is 0 Å². The van der Waals surface area contributed by atoms with E-state index in [1.807, 2.05) is 0 Å². The molecule has 0 atom stereocenters. The Kier molecular flexibility index (Phi) is 6.35. The molecule has 1 heterocycles. The van der Waals surface area contributed by atoms with Crippen LogP contribution in [-0.2, 0) is 12.6 Å². The molecule has 0 radical (unpaired) electrons. The van der Waals surface area contributed by atoms with Crippen LogP contribution < -0.4 is 15.9 Å². The lowest BCUT2D eigenvalue weighted by Crippen LogP contribution is -2.47. The molecule has 0 amide bonds. The van der Waals surface area contributed by atoms with Gasteiger partial charge in [0.2, 0.25) is 5.43 Å². The van der Waals surface area contributed by atoms with E-state index in [1.165, 1.54) is 30.3 Å². The Bertz CT molecular complexity index is 1390. The fraction of sp³-hybridized carbons (Fsp3) is 0.240. The highest BCUT2D eigenvalue weighted by Gasteiger charge is 2.30. The summed E-state index contributed by atoms with van der Waals surface area (Å²) in [7, 11) is 0. The second-order valence-corrected chi connectivity index (χ2v) is 8.23. The number of rotatable bonds is 7. The smallest absolute Gasteiger partial charge is 0.416 e. The molecule has 0 aliphatic heterocycles. The molecule has 0 aliphatic rings. The molecule has 0 spiro atoms. The second-order valence-electron chi connectivity index (χ2n) is 8.23. The molecule has 4 aromatic rings. The topological polar surface area (TPSA) is 106 Å². The third-order valence-corrected chi connectivity index (χ3v) is 5.65. The van der Waals surface area contributed by atoms with Crippen LogP contribution in [0.1, 0.15) is 17.5 Å². The second kappa shape index (κ2) is 9.09. The minimum Gasteiger partial charge on any atom is -0.457 e. The van der Waals surface area contributed by atoms with Crippen molar-refractivity contribution >= 4 is 21.9 Å². The first-order chi connectivity index (χ1) is 16.1. The molecular formula is C25H22F3NO5. The van der Waals surface area contributed by atoms with E-state index in [0.29, 0.717) is 29.2 Å². The van der Waals surface area contributed by atoms with Gasteiger partial charge in [0.1, 0.15) is 22.7 Å². The van der Waals surface area contributed by atoms with E-state index in [4.69, 9.17) is 14.9 Å². The Labute approximate surface area is 192 Å². The third-order valence-electron chi connectivity index (χ3n) is 5.65. The monoisotopic (exact) mass is 473 g/mol. The zero-order chi connectivity index (χ0) is 24.5. The van der Waals surface area contributed by atoms with E-state index in [0.717, 1.165) is 17.7 Å². The lowest BCUT2D eigenvalue weighted by Gasteiger charge is -2.24. The number of hydrogen-bond donors (Lipinski definition) is 3. The number of aliphatic hydroxyl groups is 2. The van der Waals surface area contributed by atoms with E-state index in [1.54, 1.807) is 18.2 Å². The minimum absolute atomic E-state index is 0.00219. The van der Waals surface area contributed by atoms with Gasteiger partial charge >= 0.3 is 6.18 Å². The van der Waals surface area contributed by atoms with Crippen molar-refractivity contribution in [2.24, 2.45) is 5.73 Å². The average Bonchev–Trinajstić information content (AvgIpc) is 2.82. The van der Waals surface area contributed by atoms with Crippen molar-refractivity contribution in [3.8, 4) is 11.5 Å². The van der Waals surface area contributed by atoms with Crippen LogP contribution >= 0.6 is 0 Å². The summed E-state index contributed by atoms with van der Waals surface area (Å²) in [6, 6.07) is 14.0. The zero-order valence-electron chi connectivity index (χ0n) is 17.9. The molecule has 4 N–H and O–H groups in total. The molecule has 4 rings (SSSR count). The van der Waals surface area contributed by atoms with Crippen LogP contribution in [0.5, 0.6) is 11.5 Å². The molecule has 1 aromatic heterocycles. The van der Waals surface area contributed by atoms with Crippen molar-refractivity contribution in [1.82, 2.24) is 0 Å². The third kappa shape index (κ3) is 4.91. The zero-order valence-corrected chi connectivity index (χ0v) is 17.9. The SMILES string of the molecule is NC(CO)(CO)CCc1ccc2c(=O)c3ccc(Oc4cccc(C(F)(F)F)c4)cc3oc2c1. The van der Waals surface area contributed by atoms with Gasteiger partial charge in [0.25, 0.3) is 0 Å². The molecule has 6 nitrogen and oxygen atoms in total. The number of aryl methyl sites for hydroxylation is 1. The average molecular weight is 473 g/mol. The normalized spacial score (nSPS) is 12.4. The van der Waals surface area contributed by atoms with Gasteiger partial charge in [-0.05, 0) is 60.9 Å². The van der Waals surface area contributed by atoms with E-state index in [9.17, 15) is 28.2 Å². The fourth-order valence-electron chi connectivity index (χ4n) is 3.57. The minimum atomic E-state index is -4.50. The lowest BCUT2D eigenvalue weighted by molar-refractivity contribution is -0.137. The summed E-state index contributed by atoms with van der Waals surface area (Å²) in [6.07, 6.45) is -3.74.